The zero-order chi connectivity index (χ0) is 13.0. The Labute approximate surface area is 111 Å². The molecule has 1 aromatic rings. The number of nitrogens with one attached hydrogen (secondary N) is 1. The van der Waals surface area contributed by atoms with Crippen LogP contribution in [0.5, 0.6) is 0 Å². The minimum Gasteiger partial charge on any atom is -0.389 e. The average Bonchev–Trinajstić information content (AvgIpc) is 3.08. The molecule has 18 heavy (non-hydrogen) atoms. The summed E-state index contributed by atoms with van der Waals surface area (Å²) in [5.41, 5.74) is 3.30. The van der Waals surface area contributed by atoms with E-state index in [0.29, 0.717) is 17.4 Å². The van der Waals surface area contributed by atoms with Crippen molar-refractivity contribution in [3.8, 4) is 0 Å². The van der Waals surface area contributed by atoms with Gasteiger partial charge in [0, 0.05) is 29.9 Å². The zero-order valence-electron chi connectivity index (χ0n) is 10.6. The third-order valence-electron chi connectivity index (χ3n) is 3.64. The fraction of sp³-hybridized carbons (Fsp3) is 0.308. The van der Waals surface area contributed by atoms with Gasteiger partial charge >= 0.3 is 0 Å². The van der Waals surface area contributed by atoms with E-state index in [0.717, 1.165) is 30.7 Å². The van der Waals surface area contributed by atoms with E-state index in [-0.39, 0.29) is 10.7 Å². The van der Waals surface area contributed by atoms with Gasteiger partial charge in [0.15, 0.2) is 0 Å². The lowest BCUT2D eigenvalue weighted by Crippen LogP contribution is -2.32. The monoisotopic (exact) mass is 259 g/mol. The molecule has 0 amide bonds. The molecule has 0 radical (unpaired) electrons. The van der Waals surface area contributed by atoms with Crippen molar-refractivity contribution < 1.29 is 1.37 Å². The van der Waals surface area contributed by atoms with Crippen molar-refractivity contribution in [2.75, 3.05) is 6.54 Å². The van der Waals surface area contributed by atoms with Gasteiger partial charge in [-0.3, -0.25) is 0 Å². The van der Waals surface area contributed by atoms with Crippen molar-refractivity contribution in [1.82, 2.24) is 15.3 Å². The van der Waals surface area contributed by atoms with Crippen LogP contribution in [0.3, 0.4) is 0 Å². The van der Waals surface area contributed by atoms with Gasteiger partial charge in [0.1, 0.15) is 0 Å². The maximum Gasteiger partial charge on any atom is 0.222 e. The van der Waals surface area contributed by atoms with Crippen LogP contribution in [0.2, 0.25) is 5.28 Å². The summed E-state index contributed by atoms with van der Waals surface area (Å²) in [6.45, 7) is 0.917. The first-order valence-corrected chi connectivity index (χ1v) is 6.31. The summed E-state index contributed by atoms with van der Waals surface area (Å²) >= 11 is 5.81. The van der Waals surface area contributed by atoms with Gasteiger partial charge in [0.2, 0.25) is 5.28 Å². The van der Waals surface area contributed by atoms with Crippen molar-refractivity contribution in [2.45, 2.75) is 12.8 Å². The first kappa shape index (κ1) is 9.28. The molecule has 90 valence electrons. The quantitative estimate of drug-likeness (QED) is 0.787. The van der Waals surface area contributed by atoms with Gasteiger partial charge in [-0.05, 0) is 36.6 Å². The molecule has 0 saturated heterocycles. The van der Waals surface area contributed by atoms with Crippen molar-refractivity contribution in [2.24, 2.45) is 10.4 Å². The molecule has 1 saturated carbocycles. The predicted molar refractivity (Wildman–Crippen MR) is 70.2 cm³/mol. The fourth-order valence-electron chi connectivity index (χ4n) is 2.48. The molecule has 4 nitrogen and oxygen atoms in total. The molecule has 1 aliphatic carbocycles. The molecule has 0 unspecified atom stereocenters. The molecular formula is C13H11ClN4. The largest absolute Gasteiger partial charge is 0.389 e. The van der Waals surface area contributed by atoms with E-state index in [1.807, 2.05) is 6.20 Å². The molecule has 4 rings (SSSR count). The molecule has 1 fully saturated rings. The summed E-state index contributed by atoms with van der Waals surface area (Å²) in [4.78, 5) is 12.7. The summed E-state index contributed by atoms with van der Waals surface area (Å²) in [6.07, 6.45) is 5.76. The first-order valence-electron chi connectivity index (χ1n) is 6.43. The Kier molecular flexibility index (Phi) is 1.76. The van der Waals surface area contributed by atoms with E-state index in [2.05, 4.69) is 20.3 Å². The Hall–Kier alpha value is -1.68. The molecule has 3 aliphatic rings. The molecule has 0 atom stereocenters. The predicted octanol–water partition coefficient (Wildman–Crippen LogP) is 2.19. The summed E-state index contributed by atoms with van der Waals surface area (Å²) in [7, 11) is 0. The van der Waals surface area contributed by atoms with Crippen LogP contribution in [0.25, 0.3) is 5.70 Å². The van der Waals surface area contributed by atoms with Crippen molar-refractivity contribution >= 4 is 23.0 Å². The normalized spacial score (nSPS) is 24.2. The molecule has 0 aromatic carbocycles. The minimum absolute atomic E-state index is 0.148. The van der Waals surface area contributed by atoms with Crippen LogP contribution in [0.4, 0.5) is 0 Å². The molecular weight excluding hydrogens is 248 g/mol. The number of nitrogens with zero attached hydrogens (tertiary/aromatic N) is 3. The Morgan fingerprint density at radius 3 is 3.11 bits per heavy atom. The number of hydrogen-bond acceptors (Lipinski definition) is 4. The molecule has 1 N–H and O–H groups in total. The Bertz CT molecular complexity index is 673. The average molecular weight is 260 g/mol. The SMILES string of the molecule is [2H]C1=C(c2ccnc(Cl)n2)N=C2C1=CNCC21CC1. The lowest BCUT2D eigenvalue weighted by molar-refractivity contribution is 0.633. The second kappa shape index (κ2) is 3.42. The van der Waals surface area contributed by atoms with E-state index < -0.39 is 0 Å². The van der Waals surface area contributed by atoms with Crippen molar-refractivity contribution in [1.29, 1.82) is 0 Å². The summed E-state index contributed by atoms with van der Waals surface area (Å²) in [6, 6.07) is 2.16. The van der Waals surface area contributed by atoms with E-state index in [4.69, 9.17) is 13.0 Å². The molecule has 2 aliphatic heterocycles. The van der Waals surface area contributed by atoms with Crippen molar-refractivity contribution in [3.05, 3.63) is 41.1 Å². The lowest BCUT2D eigenvalue weighted by Gasteiger charge is -2.21. The second-order valence-corrected chi connectivity index (χ2v) is 5.20. The number of hydrogen-bond donors (Lipinski definition) is 1. The number of rotatable bonds is 1. The standard InChI is InChI=1S/C13H11ClN4/c14-12-16-4-1-9(18-12)10-5-8-6-15-7-13(2-3-13)11(8)17-10/h1,4-6,15H,2-3,7H2/i5D. The third-order valence-corrected chi connectivity index (χ3v) is 3.83. The fourth-order valence-corrected chi connectivity index (χ4v) is 2.63. The second-order valence-electron chi connectivity index (χ2n) is 4.86. The summed E-state index contributed by atoms with van der Waals surface area (Å²) in [5, 5.41) is 3.45. The maximum atomic E-state index is 8.28. The van der Waals surface area contributed by atoms with Crippen LogP contribution in [-0.2, 0) is 0 Å². The van der Waals surface area contributed by atoms with Gasteiger partial charge in [-0.25, -0.2) is 15.0 Å². The number of aliphatic imine (C=N–C) groups is 1. The van der Waals surface area contributed by atoms with E-state index in [9.17, 15) is 0 Å². The number of aromatic nitrogens is 2. The molecule has 1 aromatic heterocycles. The molecule has 1 spiro atoms. The molecule has 3 heterocycles. The van der Waals surface area contributed by atoms with Gasteiger partial charge in [-0.2, -0.15) is 0 Å². The van der Waals surface area contributed by atoms with Crippen LogP contribution < -0.4 is 5.32 Å². The lowest BCUT2D eigenvalue weighted by atomic mass is 9.92. The first-order chi connectivity index (χ1) is 9.20. The topological polar surface area (TPSA) is 50.2 Å². The molecule has 0 bridgehead atoms. The Balaban J connectivity index is 1.85. The zero-order valence-corrected chi connectivity index (χ0v) is 10.3. The van der Waals surface area contributed by atoms with Gasteiger partial charge < -0.3 is 5.32 Å². The van der Waals surface area contributed by atoms with Crippen molar-refractivity contribution in [3.63, 3.8) is 0 Å². The van der Waals surface area contributed by atoms with Crippen LogP contribution >= 0.6 is 11.6 Å². The Morgan fingerprint density at radius 2 is 2.33 bits per heavy atom. The highest BCUT2D eigenvalue weighted by atomic mass is 35.5. The number of halogens is 1. The minimum atomic E-state index is 0.148. The Morgan fingerprint density at radius 1 is 1.44 bits per heavy atom. The van der Waals surface area contributed by atoms with E-state index in [1.54, 1.807) is 12.3 Å². The highest BCUT2D eigenvalue weighted by Gasteiger charge is 2.50. The maximum absolute atomic E-state index is 8.28. The van der Waals surface area contributed by atoms with Gasteiger partial charge in [-0.15, -0.1) is 0 Å². The molecule has 5 heteroatoms. The summed E-state index contributed by atoms with van der Waals surface area (Å²) in [5.74, 6) is 0. The van der Waals surface area contributed by atoms with Gasteiger partial charge in [-0.1, -0.05) is 0 Å². The van der Waals surface area contributed by atoms with Gasteiger partial charge in [0.25, 0.3) is 0 Å². The highest BCUT2D eigenvalue weighted by molar-refractivity contribution is 6.28. The highest BCUT2D eigenvalue weighted by Crippen LogP contribution is 2.51. The summed E-state index contributed by atoms with van der Waals surface area (Å²) < 4.78 is 8.28. The smallest absolute Gasteiger partial charge is 0.222 e. The number of allylic oxidation sites excluding steroid dienone is 2. The van der Waals surface area contributed by atoms with Gasteiger partial charge in [0.05, 0.1) is 18.5 Å². The van der Waals surface area contributed by atoms with Crippen LogP contribution in [0, 0.1) is 5.41 Å². The van der Waals surface area contributed by atoms with E-state index >= 15 is 0 Å². The van der Waals surface area contributed by atoms with Crippen LogP contribution in [-0.4, -0.2) is 22.2 Å². The van der Waals surface area contributed by atoms with Crippen LogP contribution in [0.15, 0.2) is 35.1 Å². The third kappa shape index (κ3) is 1.42. The van der Waals surface area contributed by atoms with Crippen LogP contribution in [0.1, 0.15) is 19.9 Å². The van der Waals surface area contributed by atoms with E-state index in [1.165, 1.54) is 0 Å². The number of fused-ring (bicyclic) bond motifs is 2.